The number of hydrogen-bond acceptors (Lipinski definition) is 4. The summed E-state index contributed by atoms with van der Waals surface area (Å²) < 4.78 is 10.6. The van der Waals surface area contributed by atoms with Crippen molar-refractivity contribution >= 4 is 11.4 Å². The molecule has 0 aliphatic carbocycles. The molecule has 0 saturated carbocycles. The van der Waals surface area contributed by atoms with E-state index in [1.807, 2.05) is 66.7 Å². The number of rotatable bonds is 5. The van der Waals surface area contributed by atoms with Crippen LogP contribution in [0.1, 0.15) is 5.56 Å². The van der Waals surface area contributed by atoms with Crippen LogP contribution >= 0.6 is 0 Å². The predicted octanol–water partition coefficient (Wildman–Crippen LogP) is 4.99. The minimum absolute atomic E-state index is 0.667. The fraction of sp³-hybridized carbons (Fsp3) is 0.0952. The average molecular weight is 330 g/mol. The molecule has 0 aliphatic rings. The van der Waals surface area contributed by atoms with Gasteiger partial charge in [-0.2, -0.15) is 5.26 Å². The molecule has 124 valence electrons. The average Bonchev–Trinajstić information content (AvgIpc) is 2.68. The summed E-state index contributed by atoms with van der Waals surface area (Å²) in [4.78, 5) is 0. The van der Waals surface area contributed by atoms with Crippen molar-refractivity contribution in [3.63, 3.8) is 0 Å². The van der Waals surface area contributed by atoms with Gasteiger partial charge in [0.2, 0.25) is 0 Å². The van der Waals surface area contributed by atoms with E-state index in [-0.39, 0.29) is 0 Å². The Morgan fingerprint density at radius 2 is 1.44 bits per heavy atom. The van der Waals surface area contributed by atoms with Gasteiger partial charge in [0.25, 0.3) is 0 Å². The van der Waals surface area contributed by atoms with Crippen molar-refractivity contribution in [1.29, 1.82) is 5.26 Å². The van der Waals surface area contributed by atoms with Crippen molar-refractivity contribution in [3.8, 4) is 28.7 Å². The smallest absolute Gasteiger partial charge is 0.124 e. The molecule has 0 aliphatic heterocycles. The quantitative estimate of drug-likeness (QED) is 0.716. The summed E-state index contributed by atoms with van der Waals surface area (Å²) in [5, 5.41) is 12.6. The molecule has 0 bridgehead atoms. The van der Waals surface area contributed by atoms with Gasteiger partial charge < -0.3 is 14.8 Å². The topological polar surface area (TPSA) is 54.3 Å². The van der Waals surface area contributed by atoms with Crippen LogP contribution in [0.15, 0.2) is 66.7 Å². The number of methoxy groups -OCH3 is 2. The van der Waals surface area contributed by atoms with Crippen LogP contribution in [0.25, 0.3) is 11.1 Å². The normalized spacial score (nSPS) is 9.96. The van der Waals surface area contributed by atoms with E-state index in [1.165, 1.54) is 0 Å². The Hall–Kier alpha value is -3.45. The second-order valence-corrected chi connectivity index (χ2v) is 5.46. The minimum atomic E-state index is 0.667. The summed E-state index contributed by atoms with van der Waals surface area (Å²) >= 11 is 0. The zero-order valence-electron chi connectivity index (χ0n) is 14.1. The summed E-state index contributed by atoms with van der Waals surface area (Å²) in [6.07, 6.45) is 0. The van der Waals surface area contributed by atoms with Crippen LogP contribution in [-0.4, -0.2) is 14.2 Å². The Balaban J connectivity index is 1.85. The van der Waals surface area contributed by atoms with E-state index in [0.717, 1.165) is 34.0 Å². The highest BCUT2D eigenvalue weighted by atomic mass is 16.5. The Morgan fingerprint density at radius 1 is 0.800 bits per heavy atom. The second kappa shape index (κ2) is 7.41. The van der Waals surface area contributed by atoms with Gasteiger partial charge in [-0.3, -0.25) is 0 Å². The lowest BCUT2D eigenvalue weighted by atomic mass is 10.0. The SMILES string of the molecule is COc1cc(Nc2ccc(-c3ccccc3C#N)cc2)cc(OC)c1. The maximum absolute atomic E-state index is 9.24. The zero-order chi connectivity index (χ0) is 17.6. The van der Waals surface area contributed by atoms with Gasteiger partial charge in [-0.1, -0.05) is 30.3 Å². The first-order valence-corrected chi connectivity index (χ1v) is 7.83. The Morgan fingerprint density at radius 3 is 2.04 bits per heavy atom. The molecule has 0 unspecified atom stereocenters. The Labute approximate surface area is 147 Å². The molecule has 3 rings (SSSR count). The van der Waals surface area contributed by atoms with E-state index in [1.54, 1.807) is 14.2 Å². The first-order valence-electron chi connectivity index (χ1n) is 7.83. The minimum Gasteiger partial charge on any atom is -0.497 e. The second-order valence-electron chi connectivity index (χ2n) is 5.46. The third kappa shape index (κ3) is 3.73. The lowest BCUT2D eigenvalue weighted by molar-refractivity contribution is 0.395. The van der Waals surface area contributed by atoms with Crippen LogP contribution in [0.2, 0.25) is 0 Å². The van der Waals surface area contributed by atoms with Crippen molar-refractivity contribution < 1.29 is 9.47 Å². The van der Waals surface area contributed by atoms with E-state index in [9.17, 15) is 5.26 Å². The van der Waals surface area contributed by atoms with E-state index < -0.39 is 0 Å². The van der Waals surface area contributed by atoms with Crippen LogP contribution < -0.4 is 14.8 Å². The Kier molecular flexibility index (Phi) is 4.87. The molecule has 0 saturated heterocycles. The van der Waals surface area contributed by atoms with E-state index in [2.05, 4.69) is 11.4 Å². The largest absolute Gasteiger partial charge is 0.497 e. The molecular formula is C21H18N2O2. The third-order valence-electron chi connectivity index (χ3n) is 3.88. The fourth-order valence-corrected chi connectivity index (χ4v) is 2.61. The monoisotopic (exact) mass is 330 g/mol. The molecule has 0 radical (unpaired) electrons. The van der Waals surface area contributed by atoms with Gasteiger partial charge in [0.1, 0.15) is 11.5 Å². The highest BCUT2D eigenvalue weighted by Gasteiger charge is 2.05. The fourth-order valence-electron chi connectivity index (χ4n) is 2.61. The number of hydrogen-bond donors (Lipinski definition) is 1. The van der Waals surface area contributed by atoms with Crippen molar-refractivity contribution in [2.45, 2.75) is 0 Å². The summed E-state index contributed by atoms with van der Waals surface area (Å²) in [5.41, 5.74) is 4.42. The zero-order valence-corrected chi connectivity index (χ0v) is 14.1. The number of benzene rings is 3. The highest BCUT2D eigenvalue weighted by molar-refractivity contribution is 5.73. The van der Waals surface area contributed by atoms with Gasteiger partial charge in [-0.05, 0) is 29.3 Å². The van der Waals surface area contributed by atoms with Gasteiger partial charge in [0.15, 0.2) is 0 Å². The van der Waals surface area contributed by atoms with E-state index in [0.29, 0.717) is 5.56 Å². The molecule has 0 aromatic heterocycles. The molecule has 0 atom stereocenters. The lowest BCUT2D eigenvalue weighted by Gasteiger charge is -2.11. The van der Waals surface area contributed by atoms with Gasteiger partial charge in [0.05, 0.1) is 25.9 Å². The molecule has 4 nitrogen and oxygen atoms in total. The molecule has 3 aromatic carbocycles. The van der Waals surface area contributed by atoms with E-state index in [4.69, 9.17) is 9.47 Å². The number of ether oxygens (including phenoxy) is 2. The van der Waals surface area contributed by atoms with Gasteiger partial charge in [0, 0.05) is 29.6 Å². The van der Waals surface area contributed by atoms with E-state index >= 15 is 0 Å². The maximum Gasteiger partial charge on any atom is 0.124 e. The molecule has 0 fully saturated rings. The van der Waals surface area contributed by atoms with Crippen LogP contribution in [0.3, 0.4) is 0 Å². The van der Waals surface area contributed by atoms with Gasteiger partial charge in [-0.15, -0.1) is 0 Å². The standard InChI is InChI=1S/C21H18N2O2/c1-24-19-11-18(12-20(13-19)25-2)23-17-9-7-15(8-10-17)21-6-4-3-5-16(21)14-22/h3-13,23H,1-2H3. The molecule has 0 spiro atoms. The molecular weight excluding hydrogens is 312 g/mol. The van der Waals surface area contributed by atoms with Crippen LogP contribution in [0, 0.1) is 11.3 Å². The summed E-state index contributed by atoms with van der Waals surface area (Å²) in [6, 6.07) is 23.4. The highest BCUT2D eigenvalue weighted by Crippen LogP contribution is 2.29. The maximum atomic E-state index is 9.24. The molecule has 0 heterocycles. The Bertz CT molecular complexity index is 890. The van der Waals surface area contributed by atoms with Crippen molar-refractivity contribution in [3.05, 3.63) is 72.3 Å². The van der Waals surface area contributed by atoms with Crippen LogP contribution in [0.4, 0.5) is 11.4 Å². The molecule has 25 heavy (non-hydrogen) atoms. The van der Waals surface area contributed by atoms with Crippen LogP contribution in [-0.2, 0) is 0 Å². The van der Waals surface area contributed by atoms with Gasteiger partial charge >= 0.3 is 0 Å². The third-order valence-corrected chi connectivity index (χ3v) is 3.88. The predicted molar refractivity (Wildman–Crippen MR) is 99.4 cm³/mol. The molecule has 0 amide bonds. The summed E-state index contributed by atoms with van der Waals surface area (Å²) in [7, 11) is 3.25. The van der Waals surface area contributed by atoms with Gasteiger partial charge in [-0.25, -0.2) is 0 Å². The summed E-state index contributed by atoms with van der Waals surface area (Å²) in [5.74, 6) is 1.45. The number of nitriles is 1. The number of nitrogens with one attached hydrogen (secondary N) is 1. The number of nitrogens with zero attached hydrogens (tertiary/aromatic N) is 1. The number of anilines is 2. The first kappa shape index (κ1) is 16.4. The molecule has 3 aromatic rings. The summed E-state index contributed by atoms with van der Waals surface area (Å²) in [6.45, 7) is 0. The van der Waals surface area contributed by atoms with Crippen molar-refractivity contribution in [1.82, 2.24) is 0 Å². The lowest BCUT2D eigenvalue weighted by Crippen LogP contribution is -1.94. The molecule has 1 N–H and O–H groups in total. The van der Waals surface area contributed by atoms with Crippen LogP contribution in [0.5, 0.6) is 11.5 Å². The first-order chi connectivity index (χ1) is 12.2. The van der Waals surface area contributed by atoms with Crippen molar-refractivity contribution in [2.75, 3.05) is 19.5 Å². The van der Waals surface area contributed by atoms with Crippen molar-refractivity contribution in [2.24, 2.45) is 0 Å². The molecule has 4 heteroatoms.